The molecule has 5 amide bonds. The Morgan fingerprint density at radius 2 is 1.44 bits per heavy atom. The van der Waals surface area contributed by atoms with E-state index in [1.54, 1.807) is 36.4 Å². The van der Waals surface area contributed by atoms with Crippen molar-refractivity contribution in [3.05, 3.63) is 64.7 Å². The van der Waals surface area contributed by atoms with Gasteiger partial charge in [-0.15, -0.1) is 0 Å². The van der Waals surface area contributed by atoms with E-state index in [0.717, 1.165) is 41.5 Å². The van der Waals surface area contributed by atoms with Crippen LogP contribution in [0.5, 0.6) is 5.75 Å². The molecule has 2 aromatic carbocycles. The number of phenolic OH excluding ortho intramolecular Hbond substituents is 1. The average Bonchev–Trinajstić information content (AvgIpc) is 3.79. The van der Waals surface area contributed by atoms with E-state index in [-0.39, 0.29) is 38.2 Å². The highest BCUT2D eigenvalue weighted by molar-refractivity contribution is 5.95. The van der Waals surface area contributed by atoms with E-state index in [1.807, 2.05) is 19.9 Å². The van der Waals surface area contributed by atoms with Crippen LogP contribution >= 0.6 is 0 Å². The number of ether oxygens (including phenoxy) is 2. The lowest BCUT2D eigenvalue weighted by Gasteiger charge is -2.39. The van der Waals surface area contributed by atoms with Gasteiger partial charge in [0.05, 0.1) is 6.04 Å². The predicted molar refractivity (Wildman–Crippen MR) is 249 cm³/mol. The van der Waals surface area contributed by atoms with Crippen LogP contribution in [0.1, 0.15) is 125 Å². The van der Waals surface area contributed by atoms with Crippen LogP contribution in [0.2, 0.25) is 0 Å². The van der Waals surface area contributed by atoms with Crippen LogP contribution in [0, 0.1) is 13.8 Å². The second kappa shape index (κ2) is 27.9. The normalized spacial score (nSPS) is 22.0. The molecule has 0 radical (unpaired) electrons. The van der Waals surface area contributed by atoms with E-state index >= 15 is 0 Å². The van der Waals surface area contributed by atoms with Gasteiger partial charge in [-0.05, 0) is 93.2 Å². The van der Waals surface area contributed by atoms with E-state index in [9.17, 15) is 44.4 Å². The molecule has 0 aromatic heterocycles. The minimum absolute atomic E-state index is 0.0849. The Hall–Kier alpha value is -4.65. The molecule has 11 N–H and O–H groups in total. The minimum atomic E-state index is -1.70. The summed E-state index contributed by atoms with van der Waals surface area (Å²) in [6.07, 6.45) is 5.61. The van der Waals surface area contributed by atoms with Crippen molar-refractivity contribution in [1.29, 1.82) is 0 Å². The Labute approximate surface area is 389 Å². The fourth-order valence-corrected chi connectivity index (χ4v) is 8.78. The summed E-state index contributed by atoms with van der Waals surface area (Å²) < 4.78 is 11.3. The number of nitrogens with zero attached hydrogens (tertiary/aromatic N) is 1. The number of aliphatic hydroxyl groups is 3. The third kappa shape index (κ3) is 16.6. The summed E-state index contributed by atoms with van der Waals surface area (Å²) in [5.74, 6) is -2.98. The van der Waals surface area contributed by atoms with Gasteiger partial charge in [0.1, 0.15) is 42.2 Å². The van der Waals surface area contributed by atoms with Gasteiger partial charge in [0.15, 0.2) is 12.4 Å². The van der Waals surface area contributed by atoms with E-state index in [4.69, 9.17) is 20.9 Å². The molecule has 0 aliphatic carbocycles. The molecule has 2 aliphatic rings. The molecule has 0 unspecified atom stereocenters. The molecule has 0 bridgehead atoms. The molecule has 0 spiro atoms. The first kappa shape index (κ1) is 54.0. The topological polar surface area (TPSA) is 276 Å². The van der Waals surface area contributed by atoms with Crippen molar-refractivity contribution in [2.24, 2.45) is 11.5 Å². The van der Waals surface area contributed by atoms with E-state index in [0.29, 0.717) is 38.6 Å². The number of likely N-dealkylation sites (tertiary alicyclic amines) is 1. The summed E-state index contributed by atoms with van der Waals surface area (Å²) in [4.78, 5) is 68.6. The summed E-state index contributed by atoms with van der Waals surface area (Å²) in [6.45, 7) is 6.52. The highest BCUT2D eigenvalue weighted by Crippen LogP contribution is 2.25. The van der Waals surface area contributed by atoms with Crippen molar-refractivity contribution in [3.8, 4) is 5.75 Å². The quantitative estimate of drug-likeness (QED) is 0.0558. The number of amides is 5. The number of aromatic hydroxyl groups is 1. The third-order valence-electron chi connectivity index (χ3n) is 12.7. The number of primary amides is 1. The molecule has 2 aliphatic heterocycles. The smallest absolute Gasteiger partial charge is 0.252 e. The number of carbonyl (C=O) groups is 5. The van der Waals surface area contributed by atoms with Crippen molar-refractivity contribution < 1.29 is 53.9 Å². The molecule has 66 heavy (non-hydrogen) atoms. The lowest BCUT2D eigenvalue weighted by Crippen LogP contribution is -2.62. The SMILES string of the molecule is CCCCCCCCCCCCO[C@@H]1O[C@H](C(=O)NCCCC[C@H](NC(=O)[C@H](Cc2ccccc2)NC(=O)[C@@H]2CCCN2C(=O)[C@@H](N)Cc2c(C)cc(O)cc2C)C(N)=O)[C@@H](O)[C@H](O)[C@H]1O. The number of hydrogen-bond acceptors (Lipinski definition) is 12. The first-order valence-corrected chi connectivity index (χ1v) is 24.0. The molecular weight excluding hydrogens is 849 g/mol. The van der Waals surface area contributed by atoms with Gasteiger partial charge in [-0.3, -0.25) is 24.0 Å². The Morgan fingerprint density at radius 1 is 0.803 bits per heavy atom. The lowest BCUT2D eigenvalue weighted by molar-refractivity contribution is -0.290. The molecular formula is C49H76N6O11. The summed E-state index contributed by atoms with van der Waals surface area (Å²) in [7, 11) is 0. The zero-order valence-electron chi connectivity index (χ0n) is 39.1. The van der Waals surface area contributed by atoms with Crippen LogP contribution in [-0.2, 0) is 46.3 Å². The first-order chi connectivity index (χ1) is 31.6. The molecule has 9 atom stereocenters. The van der Waals surface area contributed by atoms with Crippen molar-refractivity contribution in [1.82, 2.24) is 20.9 Å². The number of rotatable bonds is 28. The molecule has 368 valence electrons. The van der Waals surface area contributed by atoms with Gasteiger partial charge < -0.3 is 62.2 Å². The van der Waals surface area contributed by atoms with Crippen LogP contribution in [0.4, 0.5) is 0 Å². The van der Waals surface area contributed by atoms with Crippen molar-refractivity contribution in [3.63, 3.8) is 0 Å². The predicted octanol–water partition coefficient (Wildman–Crippen LogP) is 2.60. The Bertz CT molecular complexity index is 1830. The second-order valence-electron chi connectivity index (χ2n) is 18.0. The molecule has 2 saturated heterocycles. The van der Waals surface area contributed by atoms with Gasteiger partial charge in [0.25, 0.3) is 5.91 Å². The summed E-state index contributed by atoms with van der Waals surface area (Å²) >= 11 is 0. The summed E-state index contributed by atoms with van der Waals surface area (Å²) in [5, 5.41) is 49.7. The number of hydrogen-bond donors (Lipinski definition) is 9. The molecule has 2 aromatic rings. The fraction of sp³-hybridized carbons (Fsp3) is 0.653. The van der Waals surface area contributed by atoms with Gasteiger partial charge in [0.2, 0.25) is 23.6 Å². The fourth-order valence-electron chi connectivity index (χ4n) is 8.78. The lowest BCUT2D eigenvalue weighted by atomic mass is 9.95. The largest absolute Gasteiger partial charge is 0.508 e. The standard InChI is InChI=1S/C49H76N6O11/c1-4-5-6-7-8-9-10-11-12-18-26-65-49-42(59)40(57)41(58)43(66-49)47(63)52-24-17-16-22-37(44(51)60)53-45(61)38(29-33-20-14-13-15-21-33)54-46(62)39-23-19-25-55(39)48(64)36(50)30-35-31(2)27-34(56)28-32(35)3/h13-15,20-21,27-28,36-43,49,56-59H,4-12,16-19,22-26,29-30,50H2,1-3H3,(H2,51,60)(H,52,63)(H,53,61)(H,54,62)/t36-,37-,38-,39-,40-,41-,42+,43-,49+/m0/s1. The second-order valence-corrected chi connectivity index (χ2v) is 18.0. The van der Waals surface area contributed by atoms with Gasteiger partial charge >= 0.3 is 0 Å². The Balaban J connectivity index is 1.26. The number of aryl methyl sites for hydroxylation is 2. The summed E-state index contributed by atoms with van der Waals surface area (Å²) in [6, 6.07) is 8.17. The number of benzene rings is 2. The van der Waals surface area contributed by atoms with Crippen LogP contribution in [0.15, 0.2) is 42.5 Å². The maximum absolute atomic E-state index is 13.9. The van der Waals surface area contributed by atoms with Gasteiger partial charge in [-0.25, -0.2) is 0 Å². The zero-order chi connectivity index (χ0) is 48.2. The maximum Gasteiger partial charge on any atom is 0.252 e. The number of aliphatic hydroxyl groups excluding tert-OH is 3. The van der Waals surface area contributed by atoms with Crippen LogP contribution in [0.3, 0.4) is 0 Å². The van der Waals surface area contributed by atoms with Crippen LogP contribution in [-0.4, -0.2) is 129 Å². The van der Waals surface area contributed by atoms with Crippen molar-refractivity contribution in [2.75, 3.05) is 19.7 Å². The van der Waals surface area contributed by atoms with Crippen LogP contribution < -0.4 is 27.4 Å². The number of carbonyl (C=O) groups excluding carboxylic acids is 5. The zero-order valence-corrected chi connectivity index (χ0v) is 39.1. The number of nitrogens with one attached hydrogen (secondary N) is 3. The monoisotopic (exact) mass is 925 g/mol. The first-order valence-electron chi connectivity index (χ1n) is 24.0. The van der Waals surface area contributed by atoms with Crippen LogP contribution in [0.25, 0.3) is 0 Å². The van der Waals surface area contributed by atoms with Crippen molar-refractivity contribution in [2.45, 2.75) is 185 Å². The maximum atomic E-state index is 13.9. The molecule has 2 heterocycles. The van der Waals surface area contributed by atoms with Gasteiger partial charge in [-0.2, -0.15) is 0 Å². The van der Waals surface area contributed by atoms with Crippen molar-refractivity contribution >= 4 is 29.5 Å². The minimum Gasteiger partial charge on any atom is -0.508 e. The number of unbranched alkanes of at least 4 members (excludes halogenated alkanes) is 10. The molecule has 0 saturated carbocycles. The van der Waals surface area contributed by atoms with E-state index in [1.165, 1.54) is 43.4 Å². The van der Waals surface area contributed by atoms with E-state index in [2.05, 4.69) is 22.9 Å². The highest BCUT2D eigenvalue weighted by atomic mass is 16.7. The average molecular weight is 925 g/mol. The van der Waals surface area contributed by atoms with Gasteiger partial charge in [0, 0.05) is 26.1 Å². The Kier molecular flexibility index (Phi) is 22.8. The number of nitrogens with two attached hydrogens (primary N) is 2. The molecule has 17 heteroatoms. The molecule has 2 fully saturated rings. The third-order valence-corrected chi connectivity index (χ3v) is 12.7. The number of phenols is 1. The van der Waals surface area contributed by atoms with Gasteiger partial charge in [-0.1, -0.05) is 95.0 Å². The Morgan fingerprint density at radius 3 is 2.08 bits per heavy atom. The molecule has 4 rings (SSSR count). The van der Waals surface area contributed by atoms with E-state index < -0.39 is 84.4 Å². The highest BCUT2D eigenvalue weighted by Gasteiger charge is 2.47. The molecule has 17 nitrogen and oxygen atoms in total. The summed E-state index contributed by atoms with van der Waals surface area (Å²) in [5.41, 5.74) is 15.3.